The topological polar surface area (TPSA) is 38.7 Å². The van der Waals surface area contributed by atoms with E-state index in [-0.39, 0.29) is 12.4 Å². The number of halogens is 1. The van der Waals surface area contributed by atoms with Crippen LogP contribution in [0.4, 0.5) is 4.39 Å². The Morgan fingerprint density at radius 2 is 2.07 bits per heavy atom. The summed E-state index contributed by atoms with van der Waals surface area (Å²) in [6, 6.07) is 2.99. The minimum atomic E-state index is -0.480. The summed E-state index contributed by atoms with van der Waals surface area (Å²) in [7, 11) is 2.90. The van der Waals surface area contributed by atoms with Gasteiger partial charge in [-0.05, 0) is 17.7 Å². The van der Waals surface area contributed by atoms with E-state index in [9.17, 15) is 4.39 Å². The first-order valence-corrected chi connectivity index (χ1v) is 4.18. The minimum Gasteiger partial charge on any atom is -0.493 e. The molecule has 3 nitrogen and oxygen atoms in total. The van der Waals surface area contributed by atoms with Crippen molar-refractivity contribution < 1.29 is 19.0 Å². The lowest BCUT2D eigenvalue weighted by atomic mass is 10.1. The Hall–Kier alpha value is -1.13. The SMILES string of the molecule is COCc1cc(F)c(OC)c(CO)c1. The standard InChI is InChI=1S/C10H13FO3/c1-13-6-7-3-8(5-12)10(14-2)9(11)4-7/h3-4,12H,5-6H2,1-2H3. The highest BCUT2D eigenvalue weighted by Crippen LogP contribution is 2.24. The van der Waals surface area contributed by atoms with Crippen LogP contribution in [0.1, 0.15) is 11.1 Å². The van der Waals surface area contributed by atoms with Gasteiger partial charge in [0, 0.05) is 12.7 Å². The highest BCUT2D eigenvalue weighted by molar-refractivity contribution is 5.38. The second-order valence-corrected chi connectivity index (χ2v) is 2.86. The molecule has 1 rings (SSSR count). The molecule has 0 atom stereocenters. The van der Waals surface area contributed by atoms with Crippen molar-refractivity contribution in [1.29, 1.82) is 0 Å². The van der Waals surface area contributed by atoms with E-state index in [1.54, 1.807) is 6.07 Å². The molecule has 78 valence electrons. The highest BCUT2D eigenvalue weighted by atomic mass is 19.1. The first kappa shape index (κ1) is 10.9. The summed E-state index contributed by atoms with van der Waals surface area (Å²) in [5, 5.41) is 8.98. The van der Waals surface area contributed by atoms with Gasteiger partial charge in [0.15, 0.2) is 11.6 Å². The van der Waals surface area contributed by atoms with Crippen molar-refractivity contribution in [2.75, 3.05) is 14.2 Å². The van der Waals surface area contributed by atoms with Crippen LogP contribution in [0.5, 0.6) is 5.75 Å². The van der Waals surface area contributed by atoms with Crippen molar-refractivity contribution in [3.63, 3.8) is 0 Å². The van der Waals surface area contributed by atoms with Crippen LogP contribution >= 0.6 is 0 Å². The maximum absolute atomic E-state index is 13.3. The molecular weight excluding hydrogens is 187 g/mol. The van der Waals surface area contributed by atoms with Crippen LogP contribution in [0.15, 0.2) is 12.1 Å². The Morgan fingerprint density at radius 3 is 2.57 bits per heavy atom. The Balaban J connectivity index is 3.10. The molecule has 0 aromatic heterocycles. The van der Waals surface area contributed by atoms with Crippen LogP contribution in [-0.4, -0.2) is 19.3 Å². The van der Waals surface area contributed by atoms with Gasteiger partial charge in [-0.1, -0.05) is 0 Å². The fourth-order valence-electron chi connectivity index (χ4n) is 1.31. The molecule has 0 aliphatic rings. The number of ether oxygens (including phenoxy) is 2. The molecule has 0 fully saturated rings. The van der Waals surface area contributed by atoms with Gasteiger partial charge in [0.05, 0.1) is 20.3 Å². The summed E-state index contributed by atoms with van der Waals surface area (Å²) < 4.78 is 23.0. The molecule has 1 N–H and O–H groups in total. The zero-order valence-corrected chi connectivity index (χ0v) is 8.21. The Kier molecular flexibility index (Phi) is 3.85. The third-order valence-corrected chi connectivity index (χ3v) is 1.87. The molecule has 0 amide bonds. The summed E-state index contributed by atoms with van der Waals surface area (Å²) in [5.41, 5.74) is 1.11. The van der Waals surface area contributed by atoms with Crippen LogP contribution in [0.25, 0.3) is 0 Å². The lowest BCUT2D eigenvalue weighted by Crippen LogP contribution is -1.99. The van der Waals surface area contributed by atoms with Gasteiger partial charge in [-0.15, -0.1) is 0 Å². The van der Waals surface area contributed by atoms with Crippen molar-refractivity contribution in [3.05, 3.63) is 29.1 Å². The smallest absolute Gasteiger partial charge is 0.165 e. The molecule has 4 heteroatoms. The van der Waals surface area contributed by atoms with Gasteiger partial charge in [-0.3, -0.25) is 0 Å². The van der Waals surface area contributed by atoms with Crippen molar-refractivity contribution in [2.24, 2.45) is 0 Å². The van der Waals surface area contributed by atoms with Gasteiger partial charge in [0.1, 0.15) is 0 Å². The molecule has 0 unspecified atom stereocenters. The molecule has 0 radical (unpaired) electrons. The summed E-state index contributed by atoms with van der Waals surface area (Å²) in [5.74, 6) is -0.390. The minimum absolute atomic E-state index is 0.0901. The van der Waals surface area contributed by atoms with E-state index < -0.39 is 5.82 Å². The maximum atomic E-state index is 13.3. The molecule has 1 aromatic carbocycles. The van der Waals surface area contributed by atoms with E-state index in [1.165, 1.54) is 20.3 Å². The molecular formula is C10H13FO3. The van der Waals surface area contributed by atoms with Crippen molar-refractivity contribution in [1.82, 2.24) is 0 Å². The number of aliphatic hydroxyl groups excluding tert-OH is 1. The number of hydrogen-bond donors (Lipinski definition) is 1. The van der Waals surface area contributed by atoms with Crippen LogP contribution in [0.3, 0.4) is 0 Å². The number of hydrogen-bond acceptors (Lipinski definition) is 3. The molecule has 0 saturated heterocycles. The summed E-state index contributed by atoms with van der Waals surface area (Å²) in [6.45, 7) is 0.0611. The number of rotatable bonds is 4. The Morgan fingerprint density at radius 1 is 1.36 bits per heavy atom. The number of methoxy groups -OCH3 is 2. The number of aliphatic hydroxyl groups is 1. The monoisotopic (exact) mass is 200 g/mol. The van der Waals surface area contributed by atoms with Crippen LogP contribution in [0, 0.1) is 5.82 Å². The Labute approximate surface area is 82.1 Å². The first-order chi connectivity index (χ1) is 6.72. The predicted octanol–water partition coefficient (Wildman–Crippen LogP) is 1.47. The predicted molar refractivity (Wildman–Crippen MR) is 49.6 cm³/mol. The molecule has 0 heterocycles. The van der Waals surface area contributed by atoms with E-state index in [0.29, 0.717) is 17.7 Å². The van der Waals surface area contributed by atoms with Crippen molar-refractivity contribution in [2.45, 2.75) is 13.2 Å². The normalized spacial score (nSPS) is 10.3. The lowest BCUT2D eigenvalue weighted by Gasteiger charge is -2.09. The second kappa shape index (κ2) is 4.93. The van der Waals surface area contributed by atoms with E-state index in [4.69, 9.17) is 14.6 Å². The van der Waals surface area contributed by atoms with E-state index in [2.05, 4.69) is 0 Å². The Bertz CT molecular complexity index is 312. The molecule has 0 bridgehead atoms. The van der Waals surface area contributed by atoms with Crippen LogP contribution in [0.2, 0.25) is 0 Å². The van der Waals surface area contributed by atoms with Gasteiger partial charge in [-0.25, -0.2) is 4.39 Å². The highest BCUT2D eigenvalue weighted by Gasteiger charge is 2.10. The second-order valence-electron chi connectivity index (χ2n) is 2.86. The fraction of sp³-hybridized carbons (Fsp3) is 0.400. The summed E-state index contributed by atoms with van der Waals surface area (Å²) >= 11 is 0. The van der Waals surface area contributed by atoms with Crippen molar-refractivity contribution in [3.8, 4) is 5.75 Å². The summed E-state index contributed by atoms with van der Waals surface area (Å²) in [6.07, 6.45) is 0. The molecule has 0 spiro atoms. The molecule has 1 aromatic rings. The summed E-state index contributed by atoms with van der Waals surface area (Å²) in [4.78, 5) is 0. The zero-order valence-electron chi connectivity index (χ0n) is 8.21. The van der Waals surface area contributed by atoms with Gasteiger partial charge in [0.2, 0.25) is 0 Å². The molecule has 0 aliphatic heterocycles. The molecule has 0 aliphatic carbocycles. The zero-order chi connectivity index (χ0) is 10.6. The average molecular weight is 200 g/mol. The quantitative estimate of drug-likeness (QED) is 0.800. The van der Waals surface area contributed by atoms with Gasteiger partial charge in [-0.2, -0.15) is 0 Å². The third kappa shape index (κ3) is 2.21. The third-order valence-electron chi connectivity index (χ3n) is 1.87. The molecule has 14 heavy (non-hydrogen) atoms. The maximum Gasteiger partial charge on any atom is 0.165 e. The average Bonchev–Trinajstić information content (AvgIpc) is 2.17. The largest absolute Gasteiger partial charge is 0.493 e. The van der Waals surface area contributed by atoms with E-state index in [1.807, 2.05) is 0 Å². The van der Waals surface area contributed by atoms with Crippen molar-refractivity contribution >= 4 is 0 Å². The number of benzene rings is 1. The van der Waals surface area contributed by atoms with Gasteiger partial charge >= 0.3 is 0 Å². The van der Waals surface area contributed by atoms with Gasteiger partial charge < -0.3 is 14.6 Å². The first-order valence-electron chi connectivity index (χ1n) is 4.18. The van der Waals surface area contributed by atoms with E-state index in [0.717, 1.165) is 0 Å². The fourth-order valence-corrected chi connectivity index (χ4v) is 1.31. The van der Waals surface area contributed by atoms with Gasteiger partial charge in [0.25, 0.3) is 0 Å². The lowest BCUT2D eigenvalue weighted by molar-refractivity contribution is 0.184. The van der Waals surface area contributed by atoms with Crippen LogP contribution in [-0.2, 0) is 18.0 Å². The van der Waals surface area contributed by atoms with Crippen LogP contribution < -0.4 is 4.74 Å². The van der Waals surface area contributed by atoms with E-state index >= 15 is 0 Å². The molecule has 0 saturated carbocycles.